The summed E-state index contributed by atoms with van der Waals surface area (Å²) in [6.07, 6.45) is 4.13. The molecule has 5 rings (SSSR count). The average molecular weight is 553 g/mol. The molecule has 210 valence electrons. The molecule has 0 unspecified atom stereocenters. The van der Waals surface area contributed by atoms with E-state index in [1.807, 2.05) is 0 Å². The van der Waals surface area contributed by atoms with Gasteiger partial charge in [0.05, 0.1) is 5.56 Å². The second kappa shape index (κ2) is 12.5. The molecular formula is C30H31F3N4O3. The molecule has 0 bridgehead atoms. The molecule has 10 heteroatoms. The van der Waals surface area contributed by atoms with Gasteiger partial charge in [0.2, 0.25) is 0 Å². The van der Waals surface area contributed by atoms with E-state index in [0.29, 0.717) is 75.3 Å². The Kier molecular flexibility index (Phi) is 8.64. The van der Waals surface area contributed by atoms with Crippen molar-refractivity contribution in [3.05, 3.63) is 95.1 Å². The van der Waals surface area contributed by atoms with Crippen molar-refractivity contribution in [3.8, 4) is 5.75 Å². The second-order valence-corrected chi connectivity index (χ2v) is 10.3. The van der Waals surface area contributed by atoms with Gasteiger partial charge in [-0.25, -0.2) is 13.2 Å². The van der Waals surface area contributed by atoms with Crippen molar-refractivity contribution in [1.29, 1.82) is 0 Å². The lowest BCUT2D eigenvalue weighted by Gasteiger charge is -2.32. The van der Waals surface area contributed by atoms with Gasteiger partial charge >= 0.3 is 0 Å². The number of hydrogen-bond acceptors (Lipinski definition) is 5. The van der Waals surface area contributed by atoms with Crippen LogP contribution in [0.25, 0.3) is 0 Å². The van der Waals surface area contributed by atoms with Crippen LogP contribution in [0, 0.1) is 17.5 Å². The van der Waals surface area contributed by atoms with Gasteiger partial charge in [-0.3, -0.25) is 19.5 Å². The van der Waals surface area contributed by atoms with Gasteiger partial charge in [-0.05, 0) is 66.9 Å². The second-order valence-electron chi connectivity index (χ2n) is 10.3. The Morgan fingerprint density at radius 3 is 2.15 bits per heavy atom. The zero-order valence-electron chi connectivity index (χ0n) is 22.0. The lowest BCUT2D eigenvalue weighted by atomic mass is 10.0. The molecular weight excluding hydrogens is 521 g/mol. The number of carbonyl (C=O) groups excluding carboxylic acids is 2. The van der Waals surface area contributed by atoms with Crippen LogP contribution >= 0.6 is 0 Å². The average Bonchev–Trinajstić information content (AvgIpc) is 2.95. The highest BCUT2D eigenvalue weighted by molar-refractivity contribution is 5.96. The number of nitrogens with zero attached hydrogens (tertiary/aromatic N) is 3. The van der Waals surface area contributed by atoms with E-state index in [0.717, 1.165) is 6.07 Å². The van der Waals surface area contributed by atoms with Crippen molar-refractivity contribution in [2.75, 3.05) is 26.2 Å². The molecule has 3 aromatic rings. The molecule has 2 aliphatic rings. The summed E-state index contributed by atoms with van der Waals surface area (Å²) < 4.78 is 45.9. The van der Waals surface area contributed by atoms with E-state index in [1.165, 1.54) is 30.5 Å². The Balaban J connectivity index is 1.06. The Morgan fingerprint density at radius 2 is 1.52 bits per heavy atom. The largest absolute Gasteiger partial charge is 0.490 e. The van der Waals surface area contributed by atoms with Gasteiger partial charge in [-0.2, -0.15) is 0 Å². The first-order chi connectivity index (χ1) is 19.3. The van der Waals surface area contributed by atoms with Crippen LogP contribution in [0.15, 0.2) is 60.8 Å². The number of likely N-dealkylation sites (tertiary alicyclic amines) is 2. The molecule has 3 heterocycles. The highest BCUT2D eigenvalue weighted by Crippen LogP contribution is 2.21. The summed E-state index contributed by atoms with van der Waals surface area (Å²) in [5.41, 5.74) is 1.23. The third-order valence-electron chi connectivity index (χ3n) is 7.34. The first kappa shape index (κ1) is 27.6. The zero-order valence-corrected chi connectivity index (χ0v) is 22.0. The third-order valence-corrected chi connectivity index (χ3v) is 7.34. The monoisotopic (exact) mass is 552 g/mol. The van der Waals surface area contributed by atoms with E-state index in [1.54, 1.807) is 29.2 Å². The molecule has 40 heavy (non-hydrogen) atoms. The standard InChI is InChI=1S/C30H31F3N4O3/c31-22-2-4-26(5-3-22)40-27-9-13-37(14-10-27)30(39)21-1-6-28(34-18-21)29(38)35-25-7-11-36(12-8-25)19-20-15-23(32)17-24(33)16-20/h1-6,15-18,25,27H,7-14,19H2,(H,35,38). The fraction of sp³-hybridized carbons (Fsp3) is 0.367. The lowest BCUT2D eigenvalue weighted by molar-refractivity contribution is 0.0594. The number of rotatable bonds is 7. The zero-order chi connectivity index (χ0) is 28.1. The molecule has 0 radical (unpaired) electrons. The quantitative estimate of drug-likeness (QED) is 0.465. The number of amides is 2. The number of pyridine rings is 1. The Morgan fingerprint density at radius 1 is 0.850 bits per heavy atom. The Labute approximate surface area is 231 Å². The van der Waals surface area contributed by atoms with Crippen LogP contribution in [0.1, 0.15) is 52.1 Å². The molecule has 2 saturated heterocycles. The van der Waals surface area contributed by atoms with Gasteiger partial charge in [-0.1, -0.05) is 0 Å². The van der Waals surface area contributed by atoms with Crippen LogP contribution in [-0.4, -0.2) is 64.9 Å². The van der Waals surface area contributed by atoms with E-state index in [-0.39, 0.29) is 35.5 Å². The lowest BCUT2D eigenvalue weighted by Crippen LogP contribution is -2.44. The van der Waals surface area contributed by atoms with Crippen molar-refractivity contribution >= 4 is 11.8 Å². The van der Waals surface area contributed by atoms with Gasteiger partial charge in [-0.15, -0.1) is 0 Å². The predicted octanol–water partition coefficient (Wildman–Crippen LogP) is 4.58. The Bertz CT molecular complexity index is 1300. The summed E-state index contributed by atoms with van der Waals surface area (Å²) in [7, 11) is 0. The number of halogens is 3. The molecule has 2 amide bonds. The van der Waals surface area contributed by atoms with E-state index < -0.39 is 11.6 Å². The number of ether oxygens (including phenoxy) is 1. The predicted molar refractivity (Wildman–Crippen MR) is 142 cm³/mol. The maximum Gasteiger partial charge on any atom is 0.270 e. The van der Waals surface area contributed by atoms with Gasteiger partial charge in [0.15, 0.2) is 0 Å². The highest BCUT2D eigenvalue weighted by Gasteiger charge is 2.26. The van der Waals surface area contributed by atoms with E-state index in [4.69, 9.17) is 4.74 Å². The van der Waals surface area contributed by atoms with Crippen molar-refractivity contribution < 1.29 is 27.5 Å². The number of carbonyl (C=O) groups is 2. The molecule has 2 aromatic carbocycles. The molecule has 2 aliphatic heterocycles. The fourth-order valence-corrected chi connectivity index (χ4v) is 5.17. The first-order valence-electron chi connectivity index (χ1n) is 13.5. The van der Waals surface area contributed by atoms with Crippen LogP contribution in [0.3, 0.4) is 0 Å². The SMILES string of the molecule is O=C(NC1CCN(Cc2cc(F)cc(F)c2)CC1)c1ccc(C(=O)N2CCC(Oc3ccc(F)cc3)CC2)cn1. The normalized spacial score (nSPS) is 17.0. The van der Waals surface area contributed by atoms with Crippen molar-refractivity contribution in [2.45, 2.75) is 44.4 Å². The smallest absolute Gasteiger partial charge is 0.270 e. The summed E-state index contributed by atoms with van der Waals surface area (Å²) in [4.78, 5) is 33.8. The summed E-state index contributed by atoms with van der Waals surface area (Å²) in [6.45, 7) is 2.88. The Hall–Kier alpha value is -3.92. The number of aromatic nitrogens is 1. The summed E-state index contributed by atoms with van der Waals surface area (Å²) >= 11 is 0. The van der Waals surface area contributed by atoms with Crippen LogP contribution < -0.4 is 10.1 Å². The topological polar surface area (TPSA) is 74.8 Å². The fourth-order valence-electron chi connectivity index (χ4n) is 5.17. The summed E-state index contributed by atoms with van der Waals surface area (Å²) in [5, 5.41) is 3.00. The van der Waals surface area contributed by atoms with E-state index in [9.17, 15) is 22.8 Å². The van der Waals surface area contributed by atoms with Gasteiger partial charge in [0.1, 0.15) is 35.0 Å². The molecule has 1 aromatic heterocycles. The van der Waals surface area contributed by atoms with Crippen molar-refractivity contribution in [1.82, 2.24) is 20.1 Å². The van der Waals surface area contributed by atoms with Crippen LogP contribution in [0.5, 0.6) is 5.75 Å². The summed E-state index contributed by atoms with van der Waals surface area (Å²) in [5.74, 6) is -1.34. The minimum Gasteiger partial charge on any atom is -0.490 e. The van der Waals surface area contributed by atoms with E-state index >= 15 is 0 Å². The first-order valence-corrected chi connectivity index (χ1v) is 13.5. The van der Waals surface area contributed by atoms with Crippen LogP contribution in [0.2, 0.25) is 0 Å². The molecule has 1 N–H and O–H groups in total. The van der Waals surface area contributed by atoms with Crippen molar-refractivity contribution in [2.24, 2.45) is 0 Å². The van der Waals surface area contributed by atoms with Gasteiger partial charge < -0.3 is 15.0 Å². The van der Waals surface area contributed by atoms with Crippen LogP contribution in [-0.2, 0) is 6.54 Å². The maximum atomic E-state index is 13.5. The van der Waals surface area contributed by atoms with Crippen molar-refractivity contribution in [3.63, 3.8) is 0 Å². The third kappa shape index (κ3) is 7.18. The molecule has 0 spiro atoms. The molecule has 0 saturated carbocycles. The summed E-state index contributed by atoms with van der Waals surface area (Å²) in [6, 6.07) is 12.6. The maximum absolute atomic E-state index is 13.5. The van der Waals surface area contributed by atoms with Crippen LogP contribution in [0.4, 0.5) is 13.2 Å². The minimum absolute atomic E-state index is 0.0328. The highest BCUT2D eigenvalue weighted by atomic mass is 19.1. The van der Waals surface area contributed by atoms with Gasteiger partial charge in [0, 0.05) is 63.9 Å². The molecule has 0 atom stereocenters. The van der Waals surface area contributed by atoms with E-state index in [2.05, 4.69) is 15.2 Å². The molecule has 7 nitrogen and oxygen atoms in total. The number of hydrogen-bond donors (Lipinski definition) is 1. The molecule has 0 aliphatic carbocycles. The number of benzene rings is 2. The number of piperidine rings is 2. The minimum atomic E-state index is -0.588. The molecule has 2 fully saturated rings. The van der Waals surface area contributed by atoms with Gasteiger partial charge in [0.25, 0.3) is 11.8 Å². The number of nitrogens with one attached hydrogen (secondary N) is 1.